The van der Waals surface area contributed by atoms with Crippen LogP contribution in [0.3, 0.4) is 0 Å². The van der Waals surface area contributed by atoms with Crippen LogP contribution < -0.4 is 5.32 Å². The van der Waals surface area contributed by atoms with Gasteiger partial charge in [0.1, 0.15) is 5.60 Å². The van der Waals surface area contributed by atoms with Crippen molar-refractivity contribution >= 4 is 14.7 Å². The maximum Gasteiger partial charge on any atom is 0.407 e. The Labute approximate surface area is 167 Å². The van der Waals surface area contributed by atoms with E-state index in [1.165, 1.54) is 12.8 Å². The van der Waals surface area contributed by atoms with Crippen molar-refractivity contribution in [3.8, 4) is 0 Å². The maximum absolute atomic E-state index is 11.7. The molecule has 27 heavy (non-hydrogen) atoms. The van der Waals surface area contributed by atoms with Crippen LogP contribution in [0.1, 0.15) is 72.0 Å². The number of unbranched alkanes of at least 4 members (excludes halogenated alkanes) is 1. The van der Waals surface area contributed by atoms with Crippen LogP contribution in [0.4, 0.5) is 4.79 Å². The number of benzene rings is 1. The first-order valence-corrected chi connectivity index (χ1v) is 10.9. The topological polar surface area (TPSA) is 58.6 Å². The maximum atomic E-state index is 11.7. The fourth-order valence-corrected chi connectivity index (χ4v) is 3.48. The molecule has 2 unspecified atom stereocenters. The molecule has 0 aliphatic rings. The average Bonchev–Trinajstić information content (AvgIpc) is 2.63. The minimum atomic E-state index is -0.515. The number of carbonyl (C=O) groups is 1. The second kappa shape index (κ2) is 13.7. The Hall–Kier alpha value is -1.38. The molecule has 0 spiro atoms. The number of carbonyl (C=O) groups excluding carboxylic acids is 1. The lowest BCUT2D eigenvalue weighted by Gasteiger charge is -2.24. The van der Waals surface area contributed by atoms with Gasteiger partial charge in [-0.25, -0.2) is 4.79 Å². The average molecular weight is 396 g/mol. The molecule has 0 aliphatic carbocycles. The molecule has 4 nitrogen and oxygen atoms in total. The number of ether oxygens (including phenoxy) is 1. The number of aliphatic hydroxyl groups is 1. The van der Waals surface area contributed by atoms with Gasteiger partial charge < -0.3 is 15.2 Å². The van der Waals surface area contributed by atoms with Crippen molar-refractivity contribution in [1.82, 2.24) is 5.32 Å². The zero-order valence-corrected chi connectivity index (χ0v) is 18.8. The van der Waals surface area contributed by atoms with E-state index in [0.717, 1.165) is 10.9 Å². The Morgan fingerprint density at radius 2 is 1.74 bits per heavy atom. The molecule has 1 rings (SSSR count). The van der Waals surface area contributed by atoms with Crippen molar-refractivity contribution in [2.45, 2.75) is 78.2 Å². The zero-order chi connectivity index (χ0) is 20.9. The van der Waals surface area contributed by atoms with Gasteiger partial charge in [0.25, 0.3) is 0 Å². The molecule has 1 aromatic carbocycles. The van der Waals surface area contributed by atoms with Crippen LogP contribution >= 0.6 is 8.58 Å². The highest BCUT2D eigenvalue weighted by atomic mass is 31.1. The fraction of sp³-hybridized carbons (Fsp3) is 0.591. The van der Waals surface area contributed by atoms with Gasteiger partial charge in [0.2, 0.25) is 0 Å². The van der Waals surface area contributed by atoms with E-state index in [1.807, 2.05) is 58.0 Å². The van der Waals surface area contributed by atoms with E-state index < -0.39 is 17.8 Å². The van der Waals surface area contributed by atoms with Gasteiger partial charge in [-0.3, -0.25) is 0 Å². The lowest BCUT2D eigenvalue weighted by atomic mass is 10.1. The summed E-state index contributed by atoms with van der Waals surface area (Å²) in [5.41, 5.74) is 0.589. The number of nitrogens with one attached hydrogen (secondary N) is 1. The predicted octanol–water partition coefficient (Wildman–Crippen LogP) is 6.02. The Kier molecular flexibility index (Phi) is 13.0. The number of aliphatic hydroxyl groups excluding tert-OH is 1. The summed E-state index contributed by atoms with van der Waals surface area (Å²) in [5.74, 6) is 0. The molecule has 0 saturated heterocycles. The molecule has 0 saturated carbocycles. The van der Waals surface area contributed by atoms with Gasteiger partial charge in [-0.1, -0.05) is 79.1 Å². The summed E-state index contributed by atoms with van der Waals surface area (Å²) >= 11 is 0. The molecular formula is C22H38NO3P. The Morgan fingerprint density at radius 1 is 1.19 bits per heavy atom. The summed E-state index contributed by atoms with van der Waals surface area (Å²) in [6.45, 7) is 16.2. The third-order valence-electron chi connectivity index (χ3n) is 3.67. The normalized spacial score (nSPS) is 13.4. The Morgan fingerprint density at radius 3 is 2.19 bits per heavy atom. The van der Waals surface area contributed by atoms with Crippen LogP contribution in [0.5, 0.6) is 0 Å². The predicted molar refractivity (Wildman–Crippen MR) is 118 cm³/mol. The van der Waals surface area contributed by atoms with Crippen LogP contribution in [0.15, 0.2) is 42.2 Å². The van der Waals surface area contributed by atoms with Crippen LogP contribution in [0.2, 0.25) is 0 Å². The first-order valence-electron chi connectivity index (χ1n) is 9.78. The van der Waals surface area contributed by atoms with Crippen molar-refractivity contribution in [1.29, 1.82) is 0 Å². The SMILES string of the molecule is C=C(CNC(=O)OC(C)(C)C)P[C@@H](c1ccccc1)C(O)CC.CCCC. The largest absolute Gasteiger partial charge is 0.444 e. The number of alkyl carbamates (subject to hydrolysis) is 1. The summed E-state index contributed by atoms with van der Waals surface area (Å²) in [7, 11) is 0.335. The summed E-state index contributed by atoms with van der Waals surface area (Å²) in [4.78, 5) is 11.7. The molecule has 0 bridgehead atoms. The van der Waals surface area contributed by atoms with Crippen molar-refractivity contribution in [2.75, 3.05) is 6.54 Å². The number of rotatable bonds is 8. The minimum Gasteiger partial charge on any atom is -0.444 e. The van der Waals surface area contributed by atoms with E-state index in [9.17, 15) is 9.90 Å². The van der Waals surface area contributed by atoms with Gasteiger partial charge in [-0.05, 0) is 38.1 Å². The van der Waals surface area contributed by atoms with Crippen molar-refractivity contribution < 1.29 is 14.6 Å². The van der Waals surface area contributed by atoms with Gasteiger partial charge in [0, 0.05) is 12.2 Å². The van der Waals surface area contributed by atoms with Gasteiger partial charge in [-0.15, -0.1) is 0 Å². The zero-order valence-electron chi connectivity index (χ0n) is 17.8. The smallest absolute Gasteiger partial charge is 0.407 e. The summed E-state index contributed by atoms with van der Waals surface area (Å²) in [6, 6.07) is 9.94. The number of amides is 1. The summed E-state index contributed by atoms with van der Waals surface area (Å²) < 4.78 is 5.21. The molecule has 0 aromatic heterocycles. The molecule has 1 amide bonds. The quantitative estimate of drug-likeness (QED) is 0.529. The second-order valence-corrected chi connectivity index (χ2v) is 9.09. The molecule has 3 atom stereocenters. The van der Waals surface area contributed by atoms with Crippen LogP contribution in [0, 0.1) is 0 Å². The highest BCUT2D eigenvalue weighted by Crippen LogP contribution is 2.43. The van der Waals surface area contributed by atoms with E-state index in [2.05, 4.69) is 25.7 Å². The molecule has 2 N–H and O–H groups in total. The van der Waals surface area contributed by atoms with Crippen LogP contribution in [-0.4, -0.2) is 29.4 Å². The Bertz CT molecular complexity index is 538. The van der Waals surface area contributed by atoms with E-state index in [4.69, 9.17) is 4.74 Å². The molecule has 5 heteroatoms. The van der Waals surface area contributed by atoms with E-state index in [1.54, 1.807) is 0 Å². The van der Waals surface area contributed by atoms with Gasteiger partial charge >= 0.3 is 6.09 Å². The number of hydrogen-bond acceptors (Lipinski definition) is 3. The van der Waals surface area contributed by atoms with Gasteiger partial charge in [0.15, 0.2) is 0 Å². The fourth-order valence-electron chi connectivity index (χ4n) is 2.06. The minimum absolute atomic E-state index is 0.00846. The highest BCUT2D eigenvalue weighted by molar-refractivity contribution is 7.43. The van der Waals surface area contributed by atoms with Gasteiger partial charge in [-0.2, -0.15) is 0 Å². The van der Waals surface area contributed by atoms with E-state index >= 15 is 0 Å². The lowest BCUT2D eigenvalue weighted by molar-refractivity contribution is 0.0533. The number of hydrogen-bond donors (Lipinski definition) is 2. The standard InChI is InChI=1S/C18H28NO3P.C4H10/c1-6-15(20)16(14-10-8-7-9-11-14)23-13(2)12-19-17(21)22-18(3,4)5;1-3-4-2/h7-11,15-16,20,23H,2,6,12H2,1,3-5H3,(H,19,21);3-4H2,1-2H3/t15?,16-;/m0./s1. The van der Waals surface area contributed by atoms with Crippen molar-refractivity contribution in [3.05, 3.63) is 47.8 Å². The van der Waals surface area contributed by atoms with Crippen LogP contribution in [-0.2, 0) is 4.74 Å². The van der Waals surface area contributed by atoms with Crippen molar-refractivity contribution in [2.24, 2.45) is 0 Å². The molecule has 154 valence electrons. The third-order valence-corrected chi connectivity index (χ3v) is 5.28. The monoisotopic (exact) mass is 395 g/mol. The first kappa shape index (κ1) is 25.6. The summed E-state index contributed by atoms with van der Waals surface area (Å²) in [6.07, 6.45) is 2.45. The van der Waals surface area contributed by atoms with E-state index in [0.29, 0.717) is 21.5 Å². The summed E-state index contributed by atoms with van der Waals surface area (Å²) in [5, 5.41) is 13.9. The Balaban J connectivity index is 0.00000153. The third kappa shape index (κ3) is 12.6. The van der Waals surface area contributed by atoms with E-state index in [-0.39, 0.29) is 5.66 Å². The molecule has 1 aromatic rings. The van der Waals surface area contributed by atoms with Gasteiger partial charge in [0.05, 0.1) is 6.10 Å². The molecule has 0 fully saturated rings. The molecule has 0 heterocycles. The molecular weight excluding hydrogens is 357 g/mol. The lowest BCUT2D eigenvalue weighted by Crippen LogP contribution is -2.33. The van der Waals surface area contributed by atoms with Crippen LogP contribution in [0.25, 0.3) is 0 Å². The van der Waals surface area contributed by atoms with Crippen molar-refractivity contribution in [3.63, 3.8) is 0 Å². The molecule has 0 radical (unpaired) electrons. The molecule has 0 aliphatic heterocycles. The highest BCUT2D eigenvalue weighted by Gasteiger charge is 2.21. The first-order chi connectivity index (χ1) is 12.6. The second-order valence-electron chi connectivity index (χ2n) is 7.47.